The Hall–Kier alpha value is 0.200. The van der Waals surface area contributed by atoms with E-state index in [2.05, 4.69) is 40.0 Å². The molecule has 0 bridgehead atoms. The van der Waals surface area contributed by atoms with Crippen LogP contribution in [0.3, 0.4) is 0 Å². The van der Waals surface area contributed by atoms with E-state index >= 15 is 0 Å². The molecular formula is C10H11ClIN. The highest BCUT2D eigenvalue weighted by atomic mass is 127. The van der Waals surface area contributed by atoms with Gasteiger partial charge in [-0.3, -0.25) is 0 Å². The van der Waals surface area contributed by atoms with Crippen molar-refractivity contribution < 1.29 is 0 Å². The molecule has 0 heterocycles. The first-order valence-corrected chi connectivity index (χ1v) is 5.88. The van der Waals surface area contributed by atoms with Gasteiger partial charge in [-0.05, 0) is 53.1 Å². The molecular weight excluding hydrogens is 296 g/mol. The molecule has 1 N–H and O–H groups in total. The van der Waals surface area contributed by atoms with Crippen LogP contribution in [0.2, 0.25) is 5.02 Å². The van der Waals surface area contributed by atoms with Crippen molar-refractivity contribution in [2.45, 2.75) is 25.4 Å². The fourth-order valence-corrected chi connectivity index (χ4v) is 1.74. The van der Waals surface area contributed by atoms with Crippen LogP contribution >= 0.6 is 34.2 Å². The Labute approximate surface area is 97.0 Å². The smallest absolute Gasteiger partial charge is 0.0542 e. The predicted molar refractivity (Wildman–Crippen MR) is 64.0 cm³/mol. The van der Waals surface area contributed by atoms with Crippen molar-refractivity contribution >= 4 is 34.2 Å². The van der Waals surface area contributed by atoms with Crippen molar-refractivity contribution in [2.75, 3.05) is 0 Å². The van der Waals surface area contributed by atoms with Gasteiger partial charge >= 0.3 is 0 Å². The topological polar surface area (TPSA) is 12.0 Å². The molecule has 0 amide bonds. The summed E-state index contributed by atoms with van der Waals surface area (Å²) >= 11 is 8.25. The molecule has 2 rings (SSSR count). The third-order valence-corrected chi connectivity index (χ3v) is 3.73. The Morgan fingerprint density at radius 1 is 1.46 bits per heavy atom. The summed E-state index contributed by atoms with van der Waals surface area (Å²) < 4.78 is 1.12. The normalized spacial score (nSPS) is 16.2. The number of halogens is 2. The van der Waals surface area contributed by atoms with E-state index in [-0.39, 0.29) is 0 Å². The molecule has 0 atom stereocenters. The molecule has 0 spiro atoms. The van der Waals surface area contributed by atoms with Crippen molar-refractivity contribution in [1.82, 2.24) is 5.32 Å². The van der Waals surface area contributed by atoms with Crippen LogP contribution in [-0.2, 0) is 6.54 Å². The van der Waals surface area contributed by atoms with Crippen LogP contribution in [-0.4, -0.2) is 6.04 Å². The molecule has 0 unspecified atom stereocenters. The first kappa shape index (κ1) is 9.74. The number of hydrogen-bond donors (Lipinski definition) is 1. The van der Waals surface area contributed by atoms with E-state index in [9.17, 15) is 0 Å². The first-order valence-electron chi connectivity index (χ1n) is 4.43. The zero-order valence-corrected chi connectivity index (χ0v) is 10.1. The van der Waals surface area contributed by atoms with Gasteiger partial charge in [0, 0.05) is 16.2 Å². The second-order valence-electron chi connectivity index (χ2n) is 3.40. The molecule has 13 heavy (non-hydrogen) atoms. The van der Waals surface area contributed by atoms with Gasteiger partial charge < -0.3 is 5.32 Å². The second kappa shape index (κ2) is 4.15. The standard InChI is InChI=1S/C10H11ClIN/c11-9-5-7(1-4-10(9)12)6-13-8-2-3-8/h1,4-5,8,13H,2-3,6H2. The van der Waals surface area contributed by atoms with E-state index in [1.165, 1.54) is 18.4 Å². The quantitative estimate of drug-likeness (QED) is 0.846. The minimum atomic E-state index is 0.762. The molecule has 1 saturated carbocycles. The van der Waals surface area contributed by atoms with Gasteiger partial charge in [0.2, 0.25) is 0 Å². The highest BCUT2D eigenvalue weighted by Crippen LogP contribution is 2.22. The van der Waals surface area contributed by atoms with E-state index < -0.39 is 0 Å². The molecule has 70 valence electrons. The van der Waals surface area contributed by atoms with E-state index in [4.69, 9.17) is 11.6 Å². The van der Waals surface area contributed by atoms with Gasteiger partial charge in [-0.1, -0.05) is 17.7 Å². The van der Waals surface area contributed by atoms with Crippen molar-refractivity contribution in [3.63, 3.8) is 0 Å². The van der Waals surface area contributed by atoms with Crippen molar-refractivity contribution in [1.29, 1.82) is 0 Å². The van der Waals surface area contributed by atoms with Crippen LogP contribution in [0.25, 0.3) is 0 Å². The molecule has 1 aliphatic rings. The molecule has 0 aliphatic heterocycles. The fourth-order valence-electron chi connectivity index (χ4n) is 1.20. The Balaban J connectivity index is 1.98. The summed E-state index contributed by atoms with van der Waals surface area (Å²) in [5.74, 6) is 0. The lowest BCUT2D eigenvalue weighted by molar-refractivity contribution is 0.688. The summed E-state index contributed by atoms with van der Waals surface area (Å²) in [5, 5.41) is 4.32. The molecule has 0 radical (unpaired) electrons. The lowest BCUT2D eigenvalue weighted by atomic mass is 10.2. The van der Waals surface area contributed by atoms with Gasteiger partial charge in [0.15, 0.2) is 0 Å². The van der Waals surface area contributed by atoms with Gasteiger partial charge in [0.1, 0.15) is 0 Å². The monoisotopic (exact) mass is 307 g/mol. The molecule has 0 aromatic heterocycles. The third-order valence-electron chi connectivity index (χ3n) is 2.16. The molecule has 1 nitrogen and oxygen atoms in total. The molecule has 1 aliphatic carbocycles. The van der Waals surface area contributed by atoms with E-state index in [1.807, 2.05) is 6.07 Å². The summed E-state index contributed by atoms with van der Waals surface area (Å²) in [6.07, 6.45) is 2.66. The number of rotatable bonds is 3. The zero-order chi connectivity index (χ0) is 9.26. The largest absolute Gasteiger partial charge is 0.310 e. The summed E-state index contributed by atoms with van der Waals surface area (Å²) in [6, 6.07) is 6.99. The highest BCUT2D eigenvalue weighted by molar-refractivity contribution is 14.1. The minimum absolute atomic E-state index is 0.762. The summed E-state index contributed by atoms with van der Waals surface area (Å²) in [6.45, 7) is 0.946. The Morgan fingerprint density at radius 3 is 2.85 bits per heavy atom. The van der Waals surface area contributed by atoms with Crippen molar-refractivity contribution in [3.05, 3.63) is 32.4 Å². The maximum Gasteiger partial charge on any atom is 0.0542 e. The summed E-state index contributed by atoms with van der Waals surface area (Å²) in [5.41, 5.74) is 1.28. The Morgan fingerprint density at radius 2 is 2.23 bits per heavy atom. The lowest BCUT2D eigenvalue weighted by Gasteiger charge is -2.04. The second-order valence-corrected chi connectivity index (χ2v) is 4.97. The van der Waals surface area contributed by atoms with Gasteiger partial charge in [0.25, 0.3) is 0 Å². The van der Waals surface area contributed by atoms with Crippen LogP contribution in [0.15, 0.2) is 18.2 Å². The maximum absolute atomic E-state index is 6.01. The average molecular weight is 308 g/mol. The van der Waals surface area contributed by atoms with E-state index in [0.717, 1.165) is 21.2 Å². The Bertz CT molecular complexity index is 310. The van der Waals surface area contributed by atoms with Crippen LogP contribution in [0.4, 0.5) is 0 Å². The van der Waals surface area contributed by atoms with Crippen LogP contribution in [0.5, 0.6) is 0 Å². The summed E-state index contributed by atoms with van der Waals surface area (Å²) in [4.78, 5) is 0. The zero-order valence-electron chi connectivity index (χ0n) is 7.19. The summed E-state index contributed by atoms with van der Waals surface area (Å²) in [7, 11) is 0. The number of nitrogens with one attached hydrogen (secondary N) is 1. The van der Waals surface area contributed by atoms with Gasteiger partial charge in [-0.2, -0.15) is 0 Å². The molecule has 3 heteroatoms. The SMILES string of the molecule is Clc1cc(CNC2CC2)ccc1I. The third kappa shape index (κ3) is 2.82. The fraction of sp³-hybridized carbons (Fsp3) is 0.400. The minimum Gasteiger partial charge on any atom is -0.310 e. The Kier molecular flexibility index (Phi) is 3.11. The first-order chi connectivity index (χ1) is 6.25. The van der Waals surface area contributed by atoms with Gasteiger partial charge in [-0.25, -0.2) is 0 Å². The van der Waals surface area contributed by atoms with Gasteiger partial charge in [-0.15, -0.1) is 0 Å². The molecule has 0 saturated heterocycles. The highest BCUT2D eigenvalue weighted by Gasteiger charge is 2.19. The molecule has 1 aromatic carbocycles. The maximum atomic E-state index is 6.01. The van der Waals surface area contributed by atoms with Crippen molar-refractivity contribution in [2.24, 2.45) is 0 Å². The van der Waals surface area contributed by atoms with Gasteiger partial charge in [0.05, 0.1) is 5.02 Å². The number of benzene rings is 1. The van der Waals surface area contributed by atoms with Crippen LogP contribution in [0, 0.1) is 3.57 Å². The predicted octanol–water partition coefficient (Wildman–Crippen LogP) is 3.20. The molecule has 1 aromatic rings. The average Bonchev–Trinajstić information content (AvgIpc) is 2.91. The van der Waals surface area contributed by atoms with Crippen molar-refractivity contribution in [3.8, 4) is 0 Å². The van der Waals surface area contributed by atoms with E-state index in [0.29, 0.717) is 0 Å². The number of hydrogen-bond acceptors (Lipinski definition) is 1. The molecule has 1 fully saturated rings. The lowest BCUT2D eigenvalue weighted by Crippen LogP contribution is -2.15. The van der Waals surface area contributed by atoms with E-state index in [1.54, 1.807) is 0 Å². The van der Waals surface area contributed by atoms with Crippen LogP contribution in [0.1, 0.15) is 18.4 Å². The van der Waals surface area contributed by atoms with Crippen LogP contribution < -0.4 is 5.32 Å².